The number of nitrogens with zero attached hydrogens (tertiary/aromatic N) is 2. The van der Waals surface area contributed by atoms with Gasteiger partial charge in [0.2, 0.25) is 5.91 Å². The highest BCUT2D eigenvalue weighted by Crippen LogP contribution is 2.32. The van der Waals surface area contributed by atoms with Gasteiger partial charge in [-0.15, -0.1) is 24.8 Å². The maximum Gasteiger partial charge on any atom is 0.227 e. The van der Waals surface area contributed by atoms with Gasteiger partial charge in [-0.3, -0.25) is 4.79 Å². The molecule has 7 heteroatoms. The van der Waals surface area contributed by atoms with E-state index in [-0.39, 0.29) is 30.7 Å². The van der Waals surface area contributed by atoms with Crippen molar-refractivity contribution in [2.24, 2.45) is 0 Å². The quantitative estimate of drug-likeness (QED) is 0.573. The predicted molar refractivity (Wildman–Crippen MR) is 138 cm³/mol. The van der Waals surface area contributed by atoms with Gasteiger partial charge in [0.1, 0.15) is 0 Å². The van der Waals surface area contributed by atoms with Crippen LogP contribution in [0, 0.1) is 0 Å². The van der Waals surface area contributed by atoms with Gasteiger partial charge in [0.15, 0.2) is 11.5 Å². The Balaban J connectivity index is 0.00000193. The normalized spacial score (nSPS) is 17.3. The average molecular weight is 495 g/mol. The number of fused-ring (bicyclic) bond motifs is 2. The van der Waals surface area contributed by atoms with Gasteiger partial charge in [-0.05, 0) is 80.1 Å². The van der Waals surface area contributed by atoms with E-state index in [4.69, 9.17) is 9.47 Å². The lowest BCUT2D eigenvalue weighted by atomic mass is 9.87. The maximum atomic E-state index is 12.9. The van der Waals surface area contributed by atoms with Crippen molar-refractivity contribution in [3.05, 3.63) is 58.7 Å². The van der Waals surface area contributed by atoms with Crippen LogP contribution in [-0.4, -0.2) is 62.7 Å². The van der Waals surface area contributed by atoms with Gasteiger partial charge in [-0.2, -0.15) is 0 Å². The number of amides is 1. The van der Waals surface area contributed by atoms with E-state index < -0.39 is 0 Å². The Morgan fingerprint density at radius 2 is 1.64 bits per heavy atom. The number of likely N-dealkylation sites (N-methyl/N-ethyl adjacent to an activating group) is 1. The molecule has 1 atom stereocenters. The van der Waals surface area contributed by atoms with Crippen LogP contribution in [0.2, 0.25) is 0 Å². The van der Waals surface area contributed by atoms with Gasteiger partial charge in [0, 0.05) is 19.1 Å². The number of rotatable bonds is 7. The van der Waals surface area contributed by atoms with E-state index in [0.29, 0.717) is 18.2 Å². The molecule has 0 bridgehead atoms. The second-order valence-electron chi connectivity index (χ2n) is 8.78. The van der Waals surface area contributed by atoms with E-state index in [2.05, 4.69) is 36.2 Å². The molecule has 0 fully saturated rings. The van der Waals surface area contributed by atoms with Crippen LogP contribution in [0.15, 0.2) is 36.4 Å². The number of hydrogen-bond donors (Lipinski definition) is 0. The topological polar surface area (TPSA) is 42.0 Å². The molecule has 0 radical (unpaired) electrons. The number of carbonyl (C=O) groups excluding carboxylic acids is 1. The first-order chi connectivity index (χ1) is 15.1. The van der Waals surface area contributed by atoms with Crippen molar-refractivity contribution in [1.29, 1.82) is 0 Å². The maximum absolute atomic E-state index is 12.9. The zero-order valence-electron chi connectivity index (χ0n) is 19.8. The highest BCUT2D eigenvalue weighted by atomic mass is 35.5. The van der Waals surface area contributed by atoms with Gasteiger partial charge < -0.3 is 19.3 Å². The summed E-state index contributed by atoms with van der Waals surface area (Å²) in [6.45, 7) is 2.60. The molecule has 1 aliphatic heterocycles. The number of hydrogen-bond acceptors (Lipinski definition) is 4. The van der Waals surface area contributed by atoms with Crippen molar-refractivity contribution in [3.63, 3.8) is 0 Å². The van der Waals surface area contributed by atoms with Gasteiger partial charge >= 0.3 is 0 Å². The highest BCUT2D eigenvalue weighted by molar-refractivity contribution is 5.85. The van der Waals surface area contributed by atoms with Gasteiger partial charge in [-0.25, -0.2) is 0 Å². The predicted octanol–water partition coefficient (Wildman–Crippen LogP) is 4.35. The summed E-state index contributed by atoms with van der Waals surface area (Å²) in [5, 5.41) is 0. The van der Waals surface area contributed by atoms with Crippen molar-refractivity contribution in [3.8, 4) is 11.5 Å². The summed E-state index contributed by atoms with van der Waals surface area (Å²) in [6.07, 6.45) is 5.81. The van der Waals surface area contributed by atoms with E-state index in [1.54, 1.807) is 14.2 Å². The minimum atomic E-state index is 0. The zero-order valence-corrected chi connectivity index (χ0v) is 21.5. The summed E-state index contributed by atoms with van der Waals surface area (Å²) in [7, 11) is 5.52. The fourth-order valence-corrected chi connectivity index (χ4v) is 5.00. The van der Waals surface area contributed by atoms with Gasteiger partial charge in [0.25, 0.3) is 0 Å². The first-order valence-corrected chi connectivity index (χ1v) is 11.4. The molecule has 2 aliphatic rings. The molecule has 33 heavy (non-hydrogen) atoms. The van der Waals surface area contributed by atoms with Crippen LogP contribution in [0.3, 0.4) is 0 Å². The molecule has 1 unspecified atom stereocenters. The number of aryl methyl sites for hydroxylation is 1. The van der Waals surface area contributed by atoms with Gasteiger partial charge in [0.05, 0.1) is 20.6 Å². The molecule has 2 aromatic rings. The molecule has 1 aliphatic carbocycles. The average Bonchev–Trinajstić information content (AvgIpc) is 2.95. The summed E-state index contributed by atoms with van der Waals surface area (Å²) in [5.41, 5.74) is 5.25. The standard InChI is InChI=1S/C26H34N2O3.2ClH/c1-27(23-10-9-19-7-4-5-8-20(19)15-23)12-6-13-28-14-11-21-16-24(30-2)25(31-3)17-22(21)18-26(28)29;;/h4-5,7-8,16-17,23H,6,9-15,18H2,1-3H3;2*1H. The summed E-state index contributed by atoms with van der Waals surface area (Å²) in [5.74, 6) is 1.64. The molecule has 0 aromatic heterocycles. The number of halogens is 2. The molecule has 0 N–H and O–H groups in total. The fourth-order valence-electron chi connectivity index (χ4n) is 5.00. The smallest absolute Gasteiger partial charge is 0.227 e. The third-order valence-electron chi connectivity index (χ3n) is 6.93. The summed E-state index contributed by atoms with van der Waals surface area (Å²) >= 11 is 0. The van der Waals surface area contributed by atoms with E-state index in [1.165, 1.54) is 29.5 Å². The first kappa shape index (κ1) is 27.3. The lowest BCUT2D eigenvalue weighted by Crippen LogP contribution is -2.39. The zero-order chi connectivity index (χ0) is 21.8. The Bertz CT molecular complexity index is 938. The first-order valence-electron chi connectivity index (χ1n) is 11.4. The van der Waals surface area contributed by atoms with E-state index in [0.717, 1.165) is 50.2 Å². The summed E-state index contributed by atoms with van der Waals surface area (Å²) < 4.78 is 10.9. The highest BCUT2D eigenvalue weighted by Gasteiger charge is 2.24. The number of methoxy groups -OCH3 is 2. The lowest BCUT2D eigenvalue weighted by Gasteiger charge is -2.33. The van der Waals surface area contributed by atoms with Crippen LogP contribution in [0.5, 0.6) is 11.5 Å². The van der Waals surface area contributed by atoms with Crippen molar-refractivity contribution >= 4 is 30.7 Å². The van der Waals surface area contributed by atoms with Crippen LogP contribution in [0.1, 0.15) is 35.1 Å². The van der Waals surface area contributed by atoms with Gasteiger partial charge in [-0.1, -0.05) is 24.3 Å². The van der Waals surface area contributed by atoms with Crippen molar-refractivity contribution in [2.75, 3.05) is 40.9 Å². The van der Waals surface area contributed by atoms with E-state index in [1.807, 2.05) is 17.0 Å². The Morgan fingerprint density at radius 1 is 0.970 bits per heavy atom. The second-order valence-corrected chi connectivity index (χ2v) is 8.78. The Kier molecular flexibility index (Phi) is 10.3. The molecule has 5 nitrogen and oxygen atoms in total. The second kappa shape index (κ2) is 12.5. The minimum absolute atomic E-state index is 0. The fraction of sp³-hybridized carbons (Fsp3) is 0.500. The number of carbonyl (C=O) groups is 1. The van der Waals surface area contributed by atoms with Crippen LogP contribution in [0.4, 0.5) is 0 Å². The Hall–Kier alpha value is -1.95. The van der Waals surface area contributed by atoms with E-state index in [9.17, 15) is 4.79 Å². The minimum Gasteiger partial charge on any atom is -0.493 e. The van der Waals surface area contributed by atoms with Crippen LogP contribution in [-0.2, 0) is 30.5 Å². The van der Waals surface area contributed by atoms with Crippen LogP contribution in [0.25, 0.3) is 0 Å². The molecule has 2 aromatic carbocycles. The third kappa shape index (κ3) is 6.34. The van der Waals surface area contributed by atoms with Crippen LogP contribution >= 0.6 is 24.8 Å². The number of ether oxygens (including phenoxy) is 2. The molecular formula is C26H36Cl2N2O3. The van der Waals surface area contributed by atoms with E-state index >= 15 is 0 Å². The van der Waals surface area contributed by atoms with Crippen LogP contribution < -0.4 is 9.47 Å². The summed E-state index contributed by atoms with van der Waals surface area (Å²) in [6, 6.07) is 13.4. The monoisotopic (exact) mass is 494 g/mol. The SMILES string of the molecule is COc1cc2c(cc1OC)CC(=O)N(CCCN(C)C1CCc3ccccc3C1)CC2.Cl.Cl. The largest absolute Gasteiger partial charge is 0.493 e. The Morgan fingerprint density at radius 3 is 2.33 bits per heavy atom. The molecular weight excluding hydrogens is 459 g/mol. The molecule has 0 spiro atoms. The van der Waals surface area contributed by atoms with Crippen molar-refractivity contribution < 1.29 is 14.3 Å². The summed E-state index contributed by atoms with van der Waals surface area (Å²) in [4.78, 5) is 17.4. The molecule has 0 saturated heterocycles. The molecule has 1 amide bonds. The molecule has 182 valence electrons. The Labute approximate surface area is 210 Å². The van der Waals surface area contributed by atoms with Crippen molar-refractivity contribution in [1.82, 2.24) is 9.80 Å². The molecule has 4 rings (SSSR count). The molecule has 1 heterocycles. The number of benzene rings is 2. The third-order valence-corrected chi connectivity index (χ3v) is 6.93. The van der Waals surface area contributed by atoms with Crippen molar-refractivity contribution in [2.45, 2.75) is 44.6 Å². The lowest BCUT2D eigenvalue weighted by molar-refractivity contribution is -0.130. The molecule has 0 saturated carbocycles.